The minimum absolute atomic E-state index is 0.0269. The number of carbonyl (C=O) groups is 2. The molecule has 3 aromatic rings. The van der Waals surface area contributed by atoms with E-state index in [2.05, 4.69) is 0 Å². The maximum absolute atomic E-state index is 15.9. The zero-order chi connectivity index (χ0) is 29.1. The van der Waals surface area contributed by atoms with E-state index in [4.69, 9.17) is 19.9 Å². The first-order valence-electron chi connectivity index (χ1n) is 13.6. The zero-order valence-corrected chi connectivity index (χ0v) is 24.6. The van der Waals surface area contributed by atoms with Crippen molar-refractivity contribution in [1.82, 2.24) is 4.57 Å². The van der Waals surface area contributed by atoms with Crippen LogP contribution in [-0.2, 0) is 9.53 Å². The maximum atomic E-state index is 15.9. The Morgan fingerprint density at radius 3 is 2.48 bits per heavy atom. The van der Waals surface area contributed by atoms with Crippen molar-refractivity contribution < 1.29 is 28.2 Å². The van der Waals surface area contributed by atoms with Crippen molar-refractivity contribution in [2.75, 3.05) is 31.9 Å². The summed E-state index contributed by atoms with van der Waals surface area (Å²) >= 11 is 1.15. The first-order valence-corrected chi connectivity index (χ1v) is 14.4. The molecule has 2 fully saturated rings. The van der Waals surface area contributed by atoms with Crippen LogP contribution < -0.4 is 25.5 Å². The molecule has 216 valence electrons. The Labute approximate surface area is 236 Å². The molecule has 40 heavy (non-hydrogen) atoms. The molecule has 1 aliphatic heterocycles. The lowest BCUT2D eigenvalue weighted by atomic mass is 9.98. The maximum Gasteiger partial charge on any atom is 0.314 e. The highest BCUT2D eigenvalue weighted by Gasteiger charge is 2.36. The van der Waals surface area contributed by atoms with E-state index >= 15 is 4.39 Å². The molecule has 2 aromatic heterocycles. The lowest BCUT2D eigenvalue weighted by Gasteiger charge is -2.25. The summed E-state index contributed by atoms with van der Waals surface area (Å²) in [5.41, 5.74) is 5.75. The number of rotatable bonds is 8. The molecular weight excluding hydrogens is 537 g/mol. The van der Waals surface area contributed by atoms with Gasteiger partial charge >= 0.3 is 5.97 Å². The number of methoxy groups -OCH3 is 1. The zero-order valence-electron chi connectivity index (χ0n) is 23.8. The number of hydrogen-bond acceptors (Lipinski definition) is 9. The molecule has 1 saturated carbocycles. The molecule has 0 bridgehead atoms. The largest absolute Gasteiger partial charge is 0.492 e. The van der Waals surface area contributed by atoms with E-state index < -0.39 is 29.4 Å². The number of nitrogens with two attached hydrogens (primary N) is 1. The quantitative estimate of drug-likeness (QED) is 0.228. The van der Waals surface area contributed by atoms with Crippen LogP contribution in [0.1, 0.15) is 69.6 Å². The van der Waals surface area contributed by atoms with Gasteiger partial charge in [0.15, 0.2) is 23.1 Å². The minimum Gasteiger partial charge on any atom is -0.492 e. The van der Waals surface area contributed by atoms with Crippen LogP contribution in [0.15, 0.2) is 10.9 Å². The average Bonchev–Trinajstić information content (AvgIpc) is 3.45. The van der Waals surface area contributed by atoms with Gasteiger partial charge in [0.25, 0.3) is 0 Å². The van der Waals surface area contributed by atoms with Gasteiger partial charge in [-0.1, -0.05) is 0 Å². The summed E-state index contributed by atoms with van der Waals surface area (Å²) in [6.07, 6.45) is 2.57. The third-order valence-corrected chi connectivity index (χ3v) is 8.96. The molecule has 1 aromatic carbocycles. The molecule has 0 radical (unpaired) electrons. The van der Waals surface area contributed by atoms with Crippen molar-refractivity contribution >= 4 is 49.9 Å². The molecule has 2 atom stereocenters. The summed E-state index contributed by atoms with van der Waals surface area (Å²) in [6, 6.07) is 1.29. The first-order chi connectivity index (χ1) is 18.8. The van der Waals surface area contributed by atoms with E-state index in [1.54, 1.807) is 20.8 Å². The summed E-state index contributed by atoms with van der Waals surface area (Å²) in [7, 11) is 1.48. The lowest BCUT2D eigenvalue weighted by molar-refractivity contribution is -0.159. The monoisotopic (exact) mass is 573 g/mol. The number of Topliss-reactive ketones (excluding diaryl/α,β-unsaturated/α-hetero) is 1. The molecule has 11 heteroatoms. The fourth-order valence-corrected chi connectivity index (χ4v) is 6.56. The van der Waals surface area contributed by atoms with Crippen LogP contribution in [0.3, 0.4) is 0 Å². The van der Waals surface area contributed by atoms with Crippen molar-refractivity contribution in [3.63, 3.8) is 0 Å². The molecular formula is C29H36FN3O6S. The van der Waals surface area contributed by atoms with Gasteiger partial charge in [-0.3, -0.25) is 14.4 Å². The Kier molecular flexibility index (Phi) is 7.33. The average molecular weight is 574 g/mol. The van der Waals surface area contributed by atoms with Crippen LogP contribution in [0.2, 0.25) is 0 Å². The van der Waals surface area contributed by atoms with Crippen LogP contribution in [0, 0.1) is 17.2 Å². The number of ketones is 1. The molecule has 5 rings (SSSR count). The molecule has 3 heterocycles. The van der Waals surface area contributed by atoms with Gasteiger partial charge < -0.3 is 29.4 Å². The number of anilines is 1. The first kappa shape index (κ1) is 28.4. The van der Waals surface area contributed by atoms with Crippen molar-refractivity contribution in [1.29, 1.82) is 0 Å². The highest BCUT2D eigenvalue weighted by Crippen LogP contribution is 2.49. The van der Waals surface area contributed by atoms with Gasteiger partial charge in [0, 0.05) is 32.1 Å². The Balaban J connectivity index is 1.72. The number of hydrogen-bond donors (Lipinski definition) is 1. The number of halogens is 1. The van der Waals surface area contributed by atoms with Crippen LogP contribution >= 0.6 is 11.3 Å². The molecule has 0 spiro atoms. The summed E-state index contributed by atoms with van der Waals surface area (Å²) < 4.78 is 34.8. The molecule has 1 aliphatic carbocycles. The summed E-state index contributed by atoms with van der Waals surface area (Å²) in [4.78, 5) is 41.7. The van der Waals surface area contributed by atoms with Gasteiger partial charge in [-0.2, -0.15) is 0 Å². The Morgan fingerprint density at radius 1 is 1.23 bits per heavy atom. The van der Waals surface area contributed by atoms with Gasteiger partial charge in [0.05, 0.1) is 23.4 Å². The van der Waals surface area contributed by atoms with E-state index in [9.17, 15) is 14.4 Å². The normalized spacial score (nSPS) is 18.4. The Hall–Kier alpha value is -3.18. The van der Waals surface area contributed by atoms with Crippen LogP contribution in [0.25, 0.3) is 21.1 Å². The number of carbonyl (C=O) groups excluding carboxylic acids is 2. The third-order valence-electron chi connectivity index (χ3n) is 7.69. The topological polar surface area (TPSA) is 113 Å². The molecule has 1 saturated heterocycles. The van der Waals surface area contributed by atoms with Crippen molar-refractivity contribution in [2.45, 2.75) is 66.0 Å². The van der Waals surface area contributed by atoms with Gasteiger partial charge in [-0.25, -0.2) is 4.39 Å². The Bertz CT molecular complexity index is 1570. The van der Waals surface area contributed by atoms with Crippen molar-refractivity contribution in [3.8, 4) is 11.5 Å². The van der Waals surface area contributed by atoms with Gasteiger partial charge in [0.2, 0.25) is 12.2 Å². The second-order valence-corrected chi connectivity index (χ2v) is 12.9. The summed E-state index contributed by atoms with van der Waals surface area (Å²) in [5, 5.41) is 0.318. The number of ether oxygens (including phenoxy) is 3. The van der Waals surface area contributed by atoms with E-state index in [1.807, 2.05) is 16.4 Å². The van der Waals surface area contributed by atoms with E-state index in [-0.39, 0.29) is 45.2 Å². The van der Waals surface area contributed by atoms with Gasteiger partial charge in [-0.15, -0.1) is 11.3 Å². The number of esters is 1. The third kappa shape index (κ3) is 4.83. The van der Waals surface area contributed by atoms with Crippen LogP contribution in [0.5, 0.6) is 11.5 Å². The van der Waals surface area contributed by atoms with E-state index in [0.717, 1.165) is 30.6 Å². The number of benzene rings is 1. The molecule has 0 unspecified atom stereocenters. The number of fused-ring (bicyclic) bond motifs is 2. The smallest absolute Gasteiger partial charge is 0.314 e. The second-order valence-electron chi connectivity index (χ2n) is 11.9. The SMILES string of the molecule is COc1c(N2CC[C@H]([C@@H](C)N)C2)c(F)cc2c(=O)c3c(OCOC(=O)C(C)(C)C)c(C(C)=O)sc3n(C3CC3)c12. The van der Waals surface area contributed by atoms with Crippen LogP contribution in [-0.4, -0.2) is 49.4 Å². The fraction of sp³-hybridized carbons (Fsp3) is 0.552. The highest BCUT2D eigenvalue weighted by molar-refractivity contribution is 7.21. The summed E-state index contributed by atoms with van der Waals surface area (Å²) in [6.45, 7) is 9.24. The van der Waals surface area contributed by atoms with Crippen molar-refractivity contribution in [2.24, 2.45) is 17.1 Å². The van der Waals surface area contributed by atoms with E-state index in [0.29, 0.717) is 34.9 Å². The predicted octanol–water partition coefficient (Wildman–Crippen LogP) is 5.00. The standard InChI is InChI=1S/C29H36FN3O6S/c1-14(31)16-9-10-32(12-16)22-19(30)11-18-21(25(22)37-6)33(17-7-8-17)27-20(23(18)35)24(26(40-27)15(2)34)38-13-39-28(36)29(3,4)5/h11,14,16-17H,7-10,12-13,31H2,1-6H3/t14-,16+/m1/s1. The van der Waals surface area contributed by atoms with Gasteiger partial charge in [-0.05, 0) is 58.9 Å². The summed E-state index contributed by atoms with van der Waals surface area (Å²) in [5.74, 6) is -0.761. The number of aromatic nitrogens is 1. The number of nitrogens with zero attached hydrogens (tertiary/aromatic N) is 2. The minimum atomic E-state index is -0.748. The van der Waals surface area contributed by atoms with Gasteiger partial charge in [0.1, 0.15) is 20.8 Å². The van der Waals surface area contributed by atoms with Crippen LogP contribution in [0.4, 0.5) is 10.1 Å². The lowest BCUT2D eigenvalue weighted by Crippen LogP contribution is -2.30. The Morgan fingerprint density at radius 2 is 1.93 bits per heavy atom. The predicted molar refractivity (Wildman–Crippen MR) is 153 cm³/mol. The molecule has 9 nitrogen and oxygen atoms in total. The number of thiophene rings is 1. The molecule has 0 amide bonds. The fourth-order valence-electron chi connectivity index (χ4n) is 5.35. The highest BCUT2D eigenvalue weighted by atomic mass is 32.1. The van der Waals surface area contributed by atoms with E-state index in [1.165, 1.54) is 20.1 Å². The molecule has 2 aliphatic rings. The molecule has 2 N–H and O–H groups in total. The second kappa shape index (κ2) is 10.3. The van der Waals surface area contributed by atoms with Crippen molar-refractivity contribution in [3.05, 3.63) is 27.0 Å². The number of pyridine rings is 1.